The molecular formula is C10H17N3S. The Labute approximate surface area is 88.9 Å². The molecular weight excluding hydrogens is 194 g/mol. The van der Waals surface area contributed by atoms with E-state index in [4.69, 9.17) is 0 Å². The van der Waals surface area contributed by atoms with Crippen molar-refractivity contribution in [2.24, 2.45) is 0 Å². The minimum atomic E-state index is 0.513. The van der Waals surface area contributed by atoms with Crippen molar-refractivity contribution in [2.75, 3.05) is 13.6 Å². The molecule has 2 heterocycles. The maximum absolute atomic E-state index is 4.47. The zero-order valence-corrected chi connectivity index (χ0v) is 9.36. The minimum absolute atomic E-state index is 0.513. The van der Waals surface area contributed by atoms with Gasteiger partial charge in [-0.25, -0.2) is 4.98 Å². The molecule has 2 N–H and O–H groups in total. The number of piperidine rings is 1. The molecule has 1 fully saturated rings. The highest BCUT2D eigenvalue weighted by atomic mass is 32.1. The quantitative estimate of drug-likeness (QED) is 0.798. The van der Waals surface area contributed by atoms with Crippen LogP contribution < -0.4 is 10.6 Å². The van der Waals surface area contributed by atoms with Gasteiger partial charge in [0.15, 0.2) is 0 Å². The fourth-order valence-corrected chi connectivity index (χ4v) is 2.84. The van der Waals surface area contributed by atoms with E-state index < -0.39 is 0 Å². The molecule has 1 aromatic heterocycles. The van der Waals surface area contributed by atoms with Crippen molar-refractivity contribution >= 4 is 11.3 Å². The summed E-state index contributed by atoms with van der Waals surface area (Å²) in [4.78, 5) is 5.80. The van der Waals surface area contributed by atoms with Crippen LogP contribution in [0.3, 0.4) is 0 Å². The largest absolute Gasteiger partial charge is 0.315 e. The topological polar surface area (TPSA) is 37.0 Å². The van der Waals surface area contributed by atoms with Gasteiger partial charge in [-0.2, -0.15) is 0 Å². The molecule has 0 amide bonds. The Morgan fingerprint density at radius 2 is 2.57 bits per heavy atom. The van der Waals surface area contributed by atoms with Gasteiger partial charge in [0, 0.05) is 17.6 Å². The van der Waals surface area contributed by atoms with E-state index in [0.29, 0.717) is 6.04 Å². The van der Waals surface area contributed by atoms with Crippen molar-refractivity contribution in [2.45, 2.75) is 31.8 Å². The second-order valence-corrected chi connectivity index (χ2v) is 4.84. The molecule has 0 radical (unpaired) electrons. The minimum Gasteiger partial charge on any atom is -0.315 e. The summed E-state index contributed by atoms with van der Waals surface area (Å²) in [7, 11) is 1.97. The number of aromatic nitrogens is 1. The maximum Gasteiger partial charge on any atom is 0.110 e. The van der Waals surface area contributed by atoms with Crippen molar-refractivity contribution in [1.29, 1.82) is 0 Å². The Kier molecular flexibility index (Phi) is 3.50. The highest BCUT2D eigenvalue weighted by Gasteiger charge is 2.17. The highest BCUT2D eigenvalue weighted by molar-refractivity contribution is 7.11. The smallest absolute Gasteiger partial charge is 0.110 e. The van der Waals surface area contributed by atoms with Crippen molar-refractivity contribution < 1.29 is 0 Å². The molecule has 1 atom stereocenters. The van der Waals surface area contributed by atoms with Gasteiger partial charge < -0.3 is 10.6 Å². The van der Waals surface area contributed by atoms with Crippen LogP contribution in [0.5, 0.6) is 0 Å². The predicted molar refractivity (Wildman–Crippen MR) is 59.5 cm³/mol. The monoisotopic (exact) mass is 211 g/mol. The van der Waals surface area contributed by atoms with Crippen LogP contribution in [0.1, 0.15) is 35.2 Å². The third kappa shape index (κ3) is 2.32. The lowest BCUT2D eigenvalue weighted by Crippen LogP contribution is -2.26. The van der Waals surface area contributed by atoms with Gasteiger partial charge in [0.25, 0.3) is 0 Å². The molecule has 1 aromatic rings. The van der Waals surface area contributed by atoms with Crippen molar-refractivity contribution in [3.05, 3.63) is 16.1 Å². The van der Waals surface area contributed by atoms with Crippen LogP contribution in [-0.2, 0) is 6.54 Å². The first kappa shape index (κ1) is 10.1. The first-order valence-corrected chi connectivity index (χ1v) is 6.04. The van der Waals surface area contributed by atoms with E-state index in [1.165, 1.54) is 29.1 Å². The molecule has 4 heteroatoms. The maximum atomic E-state index is 4.47. The van der Waals surface area contributed by atoms with E-state index in [0.717, 1.165) is 13.1 Å². The van der Waals surface area contributed by atoms with Crippen LogP contribution in [0.25, 0.3) is 0 Å². The van der Waals surface area contributed by atoms with Crippen molar-refractivity contribution in [3.63, 3.8) is 0 Å². The Balaban J connectivity index is 2.00. The molecule has 2 rings (SSSR count). The molecule has 1 aliphatic rings. The average Bonchev–Trinajstić information content (AvgIpc) is 2.68. The van der Waals surface area contributed by atoms with Gasteiger partial charge in [0.05, 0.1) is 6.04 Å². The molecule has 1 unspecified atom stereocenters. The van der Waals surface area contributed by atoms with Crippen LogP contribution in [0.2, 0.25) is 0 Å². The summed E-state index contributed by atoms with van der Waals surface area (Å²) in [6.45, 7) is 2.08. The van der Waals surface area contributed by atoms with E-state index in [2.05, 4.69) is 15.6 Å². The number of thiazole rings is 1. The fourth-order valence-electron chi connectivity index (χ4n) is 1.80. The molecule has 0 aromatic carbocycles. The lowest BCUT2D eigenvalue weighted by Gasteiger charge is -2.21. The van der Waals surface area contributed by atoms with Gasteiger partial charge in [0.2, 0.25) is 0 Å². The Hall–Kier alpha value is -0.450. The summed E-state index contributed by atoms with van der Waals surface area (Å²) in [5, 5.41) is 7.93. The van der Waals surface area contributed by atoms with Gasteiger partial charge in [-0.3, -0.25) is 0 Å². The molecule has 1 saturated heterocycles. The van der Waals surface area contributed by atoms with E-state index in [9.17, 15) is 0 Å². The first-order valence-electron chi connectivity index (χ1n) is 5.22. The number of rotatable bonds is 3. The van der Waals surface area contributed by atoms with Gasteiger partial charge >= 0.3 is 0 Å². The molecule has 0 aliphatic carbocycles. The van der Waals surface area contributed by atoms with Crippen LogP contribution >= 0.6 is 11.3 Å². The van der Waals surface area contributed by atoms with Gasteiger partial charge in [0.1, 0.15) is 5.01 Å². The predicted octanol–water partition coefficient (Wildman–Crippen LogP) is 1.68. The van der Waals surface area contributed by atoms with Gasteiger partial charge in [-0.15, -0.1) is 11.3 Å². The summed E-state index contributed by atoms with van der Waals surface area (Å²) in [5.74, 6) is 0. The van der Waals surface area contributed by atoms with Crippen LogP contribution in [0.15, 0.2) is 6.20 Å². The lowest BCUT2D eigenvalue weighted by atomic mass is 10.1. The van der Waals surface area contributed by atoms with Gasteiger partial charge in [-0.1, -0.05) is 6.42 Å². The number of hydrogen-bond acceptors (Lipinski definition) is 4. The Morgan fingerprint density at radius 1 is 1.64 bits per heavy atom. The lowest BCUT2D eigenvalue weighted by molar-refractivity contribution is 0.411. The van der Waals surface area contributed by atoms with Crippen LogP contribution in [0, 0.1) is 0 Å². The molecule has 1 aliphatic heterocycles. The van der Waals surface area contributed by atoms with Gasteiger partial charge in [-0.05, 0) is 26.4 Å². The molecule has 0 spiro atoms. The van der Waals surface area contributed by atoms with Crippen LogP contribution in [-0.4, -0.2) is 18.6 Å². The summed E-state index contributed by atoms with van der Waals surface area (Å²) < 4.78 is 0. The summed E-state index contributed by atoms with van der Waals surface area (Å²) >= 11 is 1.83. The third-order valence-corrected chi connectivity index (χ3v) is 3.64. The Morgan fingerprint density at radius 3 is 3.29 bits per heavy atom. The normalized spacial score (nSPS) is 22.5. The third-order valence-electron chi connectivity index (χ3n) is 2.53. The number of nitrogens with one attached hydrogen (secondary N) is 2. The Bertz CT molecular complexity index is 279. The van der Waals surface area contributed by atoms with E-state index in [-0.39, 0.29) is 0 Å². The fraction of sp³-hybridized carbons (Fsp3) is 0.700. The second kappa shape index (κ2) is 4.87. The number of nitrogens with zero attached hydrogens (tertiary/aromatic N) is 1. The van der Waals surface area contributed by atoms with Crippen LogP contribution in [0.4, 0.5) is 0 Å². The second-order valence-electron chi connectivity index (χ2n) is 3.70. The molecule has 0 saturated carbocycles. The SMILES string of the molecule is CNCc1cnc(C2CCCCN2)s1. The first-order chi connectivity index (χ1) is 6.90. The van der Waals surface area contributed by atoms with E-state index in [1.54, 1.807) is 0 Å². The van der Waals surface area contributed by atoms with Crippen molar-refractivity contribution in [3.8, 4) is 0 Å². The van der Waals surface area contributed by atoms with E-state index >= 15 is 0 Å². The average molecular weight is 211 g/mol. The summed E-state index contributed by atoms with van der Waals surface area (Å²) in [6, 6.07) is 0.513. The summed E-state index contributed by atoms with van der Waals surface area (Å²) in [6.07, 6.45) is 5.88. The highest BCUT2D eigenvalue weighted by Crippen LogP contribution is 2.26. The van der Waals surface area contributed by atoms with Crippen molar-refractivity contribution in [1.82, 2.24) is 15.6 Å². The van der Waals surface area contributed by atoms with E-state index in [1.807, 2.05) is 24.6 Å². The standard InChI is InChI=1S/C10H17N3S/c1-11-6-8-7-13-10(14-8)9-4-2-3-5-12-9/h7,9,11-12H,2-6H2,1H3. The molecule has 78 valence electrons. The molecule has 14 heavy (non-hydrogen) atoms. The number of hydrogen-bond donors (Lipinski definition) is 2. The molecule has 3 nitrogen and oxygen atoms in total. The zero-order valence-electron chi connectivity index (χ0n) is 8.55. The summed E-state index contributed by atoms with van der Waals surface area (Å²) in [5.41, 5.74) is 0. The molecule has 0 bridgehead atoms. The zero-order chi connectivity index (χ0) is 9.80.